The average Bonchev–Trinajstić information content (AvgIpc) is 2.39. The maximum atomic E-state index is 3.51. The first-order chi connectivity index (χ1) is 8.33. The fourth-order valence-corrected chi connectivity index (χ4v) is 2.61. The molecule has 17 heavy (non-hydrogen) atoms. The van der Waals surface area contributed by atoms with E-state index in [2.05, 4.69) is 56.5 Å². The van der Waals surface area contributed by atoms with E-state index in [4.69, 9.17) is 0 Å². The number of rotatable bonds is 8. The topological polar surface area (TPSA) is 12.0 Å². The molecule has 0 aliphatic rings. The van der Waals surface area contributed by atoms with Crippen molar-refractivity contribution < 1.29 is 0 Å². The average molecular weight is 233 g/mol. The Labute approximate surface area is 107 Å². The van der Waals surface area contributed by atoms with Gasteiger partial charge < -0.3 is 5.32 Å². The predicted octanol–water partition coefficient (Wildman–Crippen LogP) is 4.35. The Kier molecular flexibility index (Phi) is 6.95. The molecule has 0 heterocycles. The second kappa shape index (κ2) is 8.30. The predicted molar refractivity (Wildman–Crippen MR) is 76.5 cm³/mol. The third-order valence-corrected chi connectivity index (χ3v) is 3.64. The van der Waals surface area contributed by atoms with Crippen LogP contribution in [-0.4, -0.2) is 13.1 Å². The van der Waals surface area contributed by atoms with E-state index < -0.39 is 0 Å². The third kappa shape index (κ3) is 4.51. The van der Waals surface area contributed by atoms with Gasteiger partial charge in [0.2, 0.25) is 0 Å². The van der Waals surface area contributed by atoms with Gasteiger partial charge in [0.05, 0.1) is 0 Å². The van der Waals surface area contributed by atoms with Crippen LogP contribution < -0.4 is 5.32 Å². The van der Waals surface area contributed by atoms with Crippen LogP contribution in [0.25, 0.3) is 0 Å². The minimum absolute atomic E-state index is 0.619. The highest BCUT2D eigenvalue weighted by Gasteiger charge is 2.19. The van der Waals surface area contributed by atoms with Gasteiger partial charge in [-0.3, -0.25) is 0 Å². The second-order valence-corrected chi connectivity index (χ2v) is 4.82. The van der Waals surface area contributed by atoms with Crippen LogP contribution in [0.1, 0.15) is 57.4 Å². The first-order valence-corrected chi connectivity index (χ1v) is 7.05. The molecule has 0 bridgehead atoms. The molecule has 0 aliphatic carbocycles. The molecular formula is C16H27N. The van der Waals surface area contributed by atoms with E-state index in [0.717, 1.165) is 0 Å². The Bertz CT molecular complexity index is 281. The first-order valence-electron chi connectivity index (χ1n) is 7.05. The lowest BCUT2D eigenvalue weighted by atomic mass is 9.86. The summed E-state index contributed by atoms with van der Waals surface area (Å²) in [6.45, 7) is 4.56. The molecule has 2 unspecified atom stereocenters. The van der Waals surface area contributed by atoms with Crippen LogP contribution >= 0.6 is 0 Å². The Morgan fingerprint density at radius 3 is 2.29 bits per heavy atom. The highest BCUT2D eigenvalue weighted by atomic mass is 14.9. The summed E-state index contributed by atoms with van der Waals surface area (Å²) >= 11 is 0. The Morgan fingerprint density at radius 2 is 1.76 bits per heavy atom. The lowest BCUT2D eigenvalue weighted by Gasteiger charge is -2.26. The molecule has 96 valence electrons. The largest absolute Gasteiger partial charge is 0.316 e. The van der Waals surface area contributed by atoms with Crippen LogP contribution in [0.15, 0.2) is 30.3 Å². The van der Waals surface area contributed by atoms with Crippen molar-refractivity contribution >= 4 is 0 Å². The second-order valence-electron chi connectivity index (χ2n) is 4.82. The number of hydrogen-bond acceptors (Lipinski definition) is 1. The lowest BCUT2D eigenvalue weighted by Crippen LogP contribution is -2.31. The highest BCUT2D eigenvalue weighted by Crippen LogP contribution is 2.26. The van der Waals surface area contributed by atoms with E-state index in [9.17, 15) is 0 Å². The Hall–Kier alpha value is -0.820. The van der Waals surface area contributed by atoms with E-state index in [0.29, 0.717) is 12.0 Å². The van der Waals surface area contributed by atoms with Crippen LogP contribution in [0.3, 0.4) is 0 Å². The third-order valence-electron chi connectivity index (χ3n) is 3.64. The summed E-state index contributed by atoms with van der Waals surface area (Å²) in [5.41, 5.74) is 1.48. The van der Waals surface area contributed by atoms with Crippen molar-refractivity contribution in [3.8, 4) is 0 Å². The van der Waals surface area contributed by atoms with Gasteiger partial charge in [-0.2, -0.15) is 0 Å². The zero-order chi connectivity index (χ0) is 12.5. The molecule has 0 saturated carbocycles. The van der Waals surface area contributed by atoms with Crippen LogP contribution in [-0.2, 0) is 0 Å². The molecule has 1 N–H and O–H groups in total. The van der Waals surface area contributed by atoms with E-state index in [-0.39, 0.29) is 0 Å². The number of nitrogens with one attached hydrogen (secondary N) is 1. The molecular weight excluding hydrogens is 206 g/mol. The molecule has 2 atom stereocenters. The molecule has 0 fully saturated rings. The molecule has 1 nitrogen and oxygen atoms in total. The summed E-state index contributed by atoms with van der Waals surface area (Å²) in [5.74, 6) is 0.651. The molecule has 0 radical (unpaired) electrons. The molecule has 0 aromatic heterocycles. The normalized spacial score (nSPS) is 14.5. The fraction of sp³-hybridized carbons (Fsp3) is 0.625. The molecule has 1 rings (SSSR count). The van der Waals surface area contributed by atoms with E-state index >= 15 is 0 Å². The zero-order valence-electron chi connectivity index (χ0n) is 11.6. The molecule has 1 heteroatoms. The number of hydrogen-bond donors (Lipinski definition) is 1. The van der Waals surface area contributed by atoms with E-state index in [1.54, 1.807) is 0 Å². The van der Waals surface area contributed by atoms with Crippen molar-refractivity contribution in [2.45, 2.75) is 57.9 Å². The van der Waals surface area contributed by atoms with Gasteiger partial charge in [-0.05, 0) is 31.4 Å². The maximum absolute atomic E-state index is 3.51. The van der Waals surface area contributed by atoms with Gasteiger partial charge in [-0.1, -0.05) is 63.4 Å². The number of likely N-dealkylation sites (N-methyl/N-ethyl adjacent to an activating group) is 1. The SMILES string of the molecule is CCCCCC(NC)C(CC)c1ccccc1. The maximum Gasteiger partial charge on any atom is 0.0133 e. The molecule has 0 amide bonds. The van der Waals surface area contributed by atoms with Crippen molar-refractivity contribution in [1.29, 1.82) is 0 Å². The summed E-state index contributed by atoms with van der Waals surface area (Å²) in [4.78, 5) is 0. The van der Waals surface area contributed by atoms with E-state index in [1.165, 1.54) is 37.7 Å². The quantitative estimate of drug-likeness (QED) is 0.658. The van der Waals surface area contributed by atoms with Crippen molar-refractivity contribution in [1.82, 2.24) is 5.32 Å². The minimum Gasteiger partial charge on any atom is -0.316 e. The summed E-state index contributed by atoms with van der Waals surface area (Å²) in [5, 5.41) is 3.51. The van der Waals surface area contributed by atoms with Gasteiger partial charge in [-0.15, -0.1) is 0 Å². The van der Waals surface area contributed by atoms with Crippen LogP contribution in [0.2, 0.25) is 0 Å². The van der Waals surface area contributed by atoms with Crippen molar-refractivity contribution in [2.75, 3.05) is 7.05 Å². The van der Waals surface area contributed by atoms with Crippen molar-refractivity contribution in [3.05, 3.63) is 35.9 Å². The van der Waals surface area contributed by atoms with E-state index in [1.807, 2.05) is 0 Å². The minimum atomic E-state index is 0.619. The first kappa shape index (κ1) is 14.2. The lowest BCUT2D eigenvalue weighted by molar-refractivity contribution is 0.410. The van der Waals surface area contributed by atoms with Crippen LogP contribution in [0.4, 0.5) is 0 Å². The van der Waals surface area contributed by atoms with Gasteiger partial charge in [0, 0.05) is 6.04 Å². The Morgan fingerprint density at radius 1 is 1.06 bits per heavy atom. The molecule has 1 aromatic carbocycles. The number of unbranched alkanes of at least 4 members (excludes halogenated alkanes) is 2. The summed E-state index contributed by atoms with van der Waals surface area (Å²) in [7, 11) is 2.10. The summed E-state index contributed by atoms with van der Waals surface area (Å²) in [6, 6.07) is 11.5. The van der Waals surface area contributed by atoms with Crippen molar-refractivity contribution in [2.24, 2.45) is 0 Å². The molecule has 0 saturated heterocycles. The number of benzene rings is 1. The molecule has 1 aromatic rings. The van der Waals surface area contributed by atoms with Gasteiger partial charge in [-0.25, -0.2) is 0 Å². The van der Waals surface area contributed by atoms with Gasteiger partial charge in [0.15, 0.2) is 0 Å². The highest BCUT2D eigenvalue weighted by molar-refractivity contribution is 5.21. The fourth-order valence-electron chi connectivity index (χ4n) is 2.61. The summed E-state index contributed by atoms with van der Waals surface area (Å²) < 4.78 is 0. The monoisotopic (exact) mass is 233 g/mol. The summed E-state index contributed by atoms with van der Waals surface area (Å²) in [6.07, 6.45) is 6.49. The van der Waals surface area contributed by atoms with Crippen LogP contribution in [0, 0.1) is 0 Å². The van der Waals surface area contributed by atoms with Crippen molar-refractivity contribution in [3.63, 3.8) is 0 Å². The molecule has 0 aliphatic heterocycles. The van der Waals surface area contributed by atoms with Gasteiger partial charge in [0.1, 0.15) is 0 Å². The van der Waals surface area contributed by atoms with Crippen LogP contribution in [0.5, 0.6) is 0 Å². The van der Waals surface area contributed by atoms with Gasteiger partial charge in [0.25, 0.3) is 0 Å². The zero-order valence-corrected chi connectivity index (χ0v) is 11.6. The van der Waals surface area contributed by atoms with Gasteiger partial charge >= 0.3 is 0 Å². The molecule has 0 spiro atoms. The Balaban J connectivity index is 2.63. The smallest absolute Gasteiger partial charge is 0.0133 e. The standard InChI is InChI=1S/C16H27N/c1-4-6-8-13-16(17-3)15(5-2)14-11-9-7-10-12-14/h7,9-12,15-17H,4-6,8,13H2,1-3H3.